The first-order valence-corrected chi connectivity index (χ1v) is 9.90. The number of carbonyl (C=O) groups is 3. The van der Waals surface area contributed by atoms with E-state index in [1.165, 1.54) is 36.9 Å². The molecule has 0 spiro atoms. The summed E-state index contributed by atoms with van der Waals surface area (Å²) in [6.45, 7) is 0.998. The molecular formula is C17H22N2O6S. The molecule has 1 atom stereocenters. The molecule has 1 aliphatic heterocycles. The van der Waals surface area contributed by atoms with Gasteiger partial charge in [0.1, 0.15) is 6.54 Å². The Hall–Kier alpha value is -2.42. The van der Waals surface area contributed by atoms with Crippen molar-refractivity contribution in [2.24, 2.45) is 0 Å². The molecule has 1 aromatic rings. The van der Waals surface area contributed by atoms with Crippen LogP contribution in [0.1, 0.15) is 23.7 Å². The van der Waals surface area contributed by atoms with Crippen LogP contribution in [0.4, 0.5) is 5.69 Å². The summed E-state index contributed by atoms with van der Waals surface area (Å²) < 4.78 is 28.0. The summed E-state index contributed by atoms with van der Waals surface area (Å²) in [5.74, 6) is -1.45. The lowest BCUT2D eigenvalue weighted by Crippen LogP contribution is -2.45. The van der Waals surface area contributed by atoms with E-state index in [9.17, 15) is 22.8 Å². The average molecular weight is 382 g/mol. The number of esters is 1. The van der Waals surface area contributed by atoms with Gasteiger partial charge in [-0.25, -0.2) is 13.2 Å². The third-order valence-corrected chi connectivity index (χ3v) is 6.17. The molecule has 26 heavy (non-hydrogen) atoms. The lowest BCUT2D eigenvalue weighted by atomic mass is 10.1. The Morgan fingerprint density at radius 2 is 1.88 bits per heavy atom. The number of benzene rings is 1. The fourth-order valence-corrected chi connectivity index (χ4v) is 4.66. The molecule has 9 heteroatoms. The first kappa shape index (κ1) is 19.9. The highest BCUT2D eigenvalue weighted by Gasteiger charge is 2.33. The van der Waals surface area contributed by atoms with Crippen molar-refractivity contribution in [3.05, 3.63) is 29.8 Å². The van der Waals surface area contributed by atoms with Gasteiger partial charge in [0, 0.05) is 20.0 Å². The zero-order valence-corrected chi connectivity index (χ0v) is 15.8. The summed E-state index contributed by atoms with van der Waals surface area (Å²) in [5.41, 5.74) is 0.441. The number of sulfone groups is 1. The van der Waals surface area contributed by atoms with Crippen molar-refractivity contribution in [2.45, 2.75) is 19.4 Å². The summed E-state index contributed by atoms with van der Waals surface area (Å²) in [7, 11) is -0.369. The van der Waals surface area contributed by atoms with Gasteiger partial charge in [0.15, 0.2) is 9.84 Å². The summed E-state index contributed by atoms with van der Waals surface area (Å²) in [6, 6.07) is 5.94. The van der Waals surface area contributed by atoms with Gasteiger partial charge < -0.3 is 14.5 Å². The van der Waals surface area contributed by atoms with Crippen LogP contribution in [0.2, 0.25) is 0 Å². The zero-order chi connectivity index (χ0) is 19.5. The van der Waals surface area contributed by atoms with Crippen LogP contribution in [-0.4, -0.2) is 69.4 Å². The summed E-state index contributed by atoms with van der Waals surface area (Å²) >= 11 is 0. The number of hydrogen-bond acceptors (Lipinski definition) is 6. The molecule has 1 heterocycles. The fourth-order valence-electron chi connectivity index (χ4n) is 2.89. The van der Waals surface area contributed by atoms with E-state index in [4.69, 9.17) is 4.74 Å². The number of likely N-dealkylation sites (N-methyl/N-ethyl adjacent to an activating group) is 1. The maximum absolute atomic E-state index is 12.6. The predicted molar refractivity (Wildman–Crippen MR) is 95.6 cm³/mol. The summed E-state index contributed by atoms with van der Waals surface area (Å²) in [6.07, 6.45) is 0.378. The smallest absolute Gasteiger partial charge is 0.339 e. The first-order valence-electron chi connectivity index (χ1n) is 8.08. The van der Waals surface area contributed by atoms with Crippen LogP contribution in [0.5, 0.6) is 0 Å². The molecule has 8 nitrogen and oxygen atoms in total. The van der Waals surface area contributed by atoms with Crippen LogP contribution in [0.15, 0.2) is 24.3 Å². The Morgan fingerprint density at radius 3 is 2.42 bits per heavy atom. The number of hydrogen-bond donors (Lipinski definition) is 0. The van der Waals surface area contributed by atoms with Crippen molar-refractivity contribution >= 4 is 33.3 Å². The number of ether oxygens (including phenoxy) is 1. The van der Waals surface area contributed by atoms with E-state index < -0.39 is 33.7 Å². The van der Waals surface area contributed by atoms with Gasteiger partial charge in [0.05, 0.1) is 29.9 Å². The molecule has 0 aromatic heterocycles. The number of para-hydroxylation sites is 1. The van der Waals surface area contributed by atoms with Crippen molar-refractivity contribution in [1.29, 1.82) is 0 Å². The van der Waals surface area contributed by atoms with Gasteiger partial charge in [-0.15, -0.1) is 0 Å². The highest BCUT2D eigenvalue weighted by atomic mass is 32.2. The predicted octanol–water partition coefficient (Wildman–Crippen LogP) is 0.472. The average Bonchev–Trinajstić information content (AvgIpc) is 2.97. The largest absolute Gasteiger partial charge is 0.465 e. The number of methoxy groups -OCH3 is 1. The standard InChI is InChI=1S/C17H22N2O6S/c1-12(20)19(15-7-5-4-6-14(15)17(22)25-3)10-16(21)18(2)13-8-9-26(23,24)11-13/h4-7,13H,8-11H2,1-3H3. The van der Waals surface area contributed by atoms with E-state index in [0.29, 0.717) is 6.42 Å². The molecule has 2 amide bonds. The van der Waals surface area contributed by atoms with E-state index in [2.05, 4.69) is 0 Å². The minimum Gasteiger partial charge on any atom is -0.465 e. The second-order valence-corrected chi connectivity index (χ2v) is 8.40. The minimum absolute atomic E-state index is 0.0525. The van der Waals surface area contributed by atoms with Crippen LogP contribution in [-0.2, 0) is 24.2 Å². The molecule has 2 rings (SSSR count). The van der Waals surface area contributed by atoms with Gasteiger partial charge in [0.2, 0.25) is 11.8 Å². The Balaban J connectivity index is 2.23. The molecule has 1 aliphatic rings. The van der Waals surface area contributed by atoms with E-state index in [0.717, 1.165) is 0 Å². The van der Waals surface area contributed by atoms with Crippen LogP contribution in [0, 0.1) is 0 Å². The lowest BCUT2D eigenvalue weighted by molar-refractivity contribution is -0.131. The van der Waals surface area contributed by atoms with Gasteiger partial charge >= 0.3 is 5.97 Å². The second-order valence-electron chi connectivity index (χ2n) is 6.18. The van der Waals surface area contributed by atoms with Crippen molar-refractivity contribution in [3.8, 4) is 0 Å². The van der Waals surface area contributed by atoms with E-state index in [1.807, 2.05) is 0 Å². The molecule has 1 unspecified atom stereocenters. The van der Waals surface area contributed by atoms with Crippen molar-refractivity contribution in [3.63, 3.8) is 0 Å². The highest BCUT2D eigenvalue weighted by molar-refractivity contribution is 7.91. The quantitative estimate of drug-likeness (QED) is 0.686. The SMILES string of the molecule is COC(=O)c1ccccc1N(CC(=O)N(C)C1CCS(=O)(=O)C1)C(C)=O. The molecule has 0 radical (unpaired) electrons. The molecule has 142 valence electrons. The van der Waals surface area contributed by atoms with Crippen LogP contribution >= 0.6 is 0 Å². The maximum atomic E-state index is 12.6. The van der Waals surface area contributed by atoms with Gasteiger partial charge in [-0.1, -0.05) is 12.1 Å². The topological polar surface area (TPSA) is 101 Å². The number of rotatable bonds is 5. The van der Waals surface area contributed by atoms with E-state index in [1.54, 1.807) is 18.2 Å². The molecule has 0 aliphatic carbocycles. The maximum Gasteiger partial charge on any atom is 0.339 e. The molecule has 1 aromatic carbocycles. The van der Waals surface area contributed by atoms with Crippen molar-refractivity contribution in [1.82, 2.24) is 4.90 Å². The Morgan fingerprint density at radius 1 is 1.23 bits per heavy atom. The Bertz CT molecular complexity index is 820. The zero-order valence-electron chi connectivity index (χ0n) is 15.0. The molecule has 1 fully saturated rings. The second kappa shape index (κ2) is 7.86. The molecule has 0 saturated carbocycles. The number of carbonyl (C=O) groups excluding carboxylic acids is 3. The van der Waals surface area contributed by atoms with Gasteiger partial charge in [-0.2, -0.15) is 0 Å². The van der Waals surface area contributed by atoms with Gasteiger partial charge in [-0.05, 0) is 18.6 Å². The third-order valence-electron chi connectivity index (χ3n) is 4.42. The van der Waals surface area contributed by atoms with E-state index >= 15 is 0 Å². The van der Waals surface area contributed by atoms with E-state index in [-0.39, 0.29) is 29.3 Å². The monoisotopic (exact) mass is 382 g/mol. The van der Waals surface area contributed by atoms with Gasteiger partial charge in [0.25, 0.3) is 0 Å². The number of anilines is 1. The summed E-state index contributed by atoms with van der Waals surface area (Å²) in [4.78, 5) is 39.2. The molecule has 1 saturated heterocycles. The lowest BCUT2D eigenvalue weighted by Gasteiger charge is -2.28. The number of nitrogens with zero attached hydrogens (tertiary/aromatic N) is 2. The third kappa shape index (κ3) is 4.40. The van der Waals surface area contributed by atoms with Crippen molar-refractivity contribution < 1.29 is 27.5 Å². The Kier molecular flexibility index (Phi) is 6.01. The van der Waals surface area contributed by atoms with Crippen molar-refractivity contribution in [2.75, 3.05) is 37.1 Å². The normalized spacial score (nSPS) is 18.2. The fraction of sp³-hybridized carbons (Fsp3) is 0.471. The first-order chi connectivity index (χ1) is 12.2. The molecule has 0 N–H and O–H groups in total. The Labute approximate surface area is 152 Å². The minimum atomic E-state index is -3.13. The number of amides is 2. The molecule has 0 bridgehead atoms. The van der Waals surface area contributed by atoms with Crippen LogP contribution in [0.3, 0.4) is 0 Å². The summed E-state index contributed by atoms with van der Waals surface area (Å²) in [5, 5.41) is 0. The highest BCUT2D eigenvalue weighted by Crippen LogP contribution is 2.23. The van der Waals surface area contributed by atoms with Crippen LogP contribution < -0.4 is 4.90 Å². The van der Waals surface area contributed by atoms with Gasteiger partial charge in [-0.3, -0.25) is 9.59 Å². The molecular weight excluding hydrogens is 360 g/mol. The van der Waals surface area contributed by atoms with Crippen LogP contribution in [0.25, 0.3) is 0 Å².